The summed E-state index contributed by atoms with van der Waals surface area (Å²) in [5, 5.41) is 0. The van der Waals surface area contributed by atoms with Gasteiger partial charge in [-0.15, -0.1) is 12.4 Å². The Hall–Kier alpha value is 0.290. The third kappa shape index (κ3) is 9.56. The summed E-state index contributed by atoms with van der Waals surface area (Å²) in [4.78, 5) is 0. The third-order valence-electron chi connectivity index (χ3n) is 1.21. The zero-order chi connectivity index (χ0) is 5.54. The molecule has 0 N–H and O–H groups in total. The summed E-state index contributed by atoms with van der Waals surface area (Å²) in [7, 11) is 0. The Bertz CT molecular complexity index is 23.6. The van der Waals surface area contributed by atoms with Gasteiger partial charge in [-0.1, -0.05) is 46.0 Å². The second kappa shape index (κ2) is 10.3. The van der Waals surface area contributed by atoms with Crippen molar-refractivity contribution in [3.63, 3.8) is 0 Å². The summed E-state index contributed by atoms with van der Waals surface area (Å²) in [6.45, 7) is 4.49. The fourth-order valence-corrected chi connectivity index (χ4v) is 0.677. The van der Waals surface area contributed by atoms with Gasteiger partial charge in [0.15, 0.2) is 0 Å². The molecule has 0 rings (SSSR count). The first-order valence-electron chi connectivity index (χ1n) is 3.41. The highest BCUT2D eigenvalue weighted by atomic mass is 35.5. The Morgan fingerprint density at radius 2 is 1.12 bits per heavy atom. The highest BCUT2D eigenvalue weighted by molar-refractivity contribution is 5.85. The lowest BCUT2D eigenvalue weighted by molar-refractivity contribution is 0.656. The molecule has 0 heterocycles. The number of hydrogen-bond acceptors (Lipinski definition) is 0. The summed E-state index contributed by atoms with van der Waals surface area (Å²) >= 11 is 0. The second-order valence-corrected chi connectivity index (χ2v) is 2.06. The van der Waals surface area contributed by atoms with Crippen LogP contribution >= 0.6 is 12.4 Å². The second-order valence-electron chi connectivity index (χ2n) is 2.06. The van der Waals surface area contributed by atoms with Crippen molar-refractivity contribution in [2.75, 3.05) is 0 Å². The third-order valence-corrected chi connectivity index (χ3v) is 1.21. The quantitative estimate of drug-likeness (QED) is 0.520. The van der Waals surface area contributed by atoms with E-state index < -0.39 is 0 Å². The van der Waals surface area contributed by atoms with Crippen LogP contribution in [0.1, 0.15) is 46.0 Å². The molecule has 1 heteroatoms. The molecule has 8 heavy (non-hydrogen) atoms. The van der Waals surface area contributed by atoms with Crippen LogP contribution in [0.25, 0.3) is 0 Å². The van der Waals surface area contributed by atoms with E-state index in [1.54, 1.807) is 0 Å². The minimum absolute atomic E-state index is 0. The normalized spacial score (nSPS) is 8.25. The number of rotatable bonds is 4. The van der Waals surface area contributed by atoms with Crippen LogP contribution < -0.4 is 0 Å². The van der Waals surface area contributed by atoms with Gasteiger partial charge in [-0.3, -0.25) is 0 Å². The standard InChI is InChI=1S/C7H16.ClH/c1-3-5-7-6-4-2;/h3-7H2,1-2H3;1H. The van der Waals surface area contributed by atoms with Crippen LogP contribution in [0.15, 0.2) is 0 Å². The molecule has 0 aliphatic carbocycles. The first-order chi connectivity index (χ1) is 3.41. The van der Waals surface area contributed by atoms with Gasteiger partial charge in [0.05, 0.1) is 0 Å². The summed E-state index contributed by atoms with van der Waals surface area (Å²) in [6.07, 6.45) is 7.01. The minimum Gasteiger partial charge on any atom is -0.147 e. The molecule has 0 aliphatic heterocycles. The summed E-state index contributed by atoms with van der Waals surface area (Å²) in [6, 6.07) is 0. The van der Waals surface area contributed by atoms with Gasteiger partial charge in [0.2, 0.25) is 0 Å². The Morgan fingerprint density at radius 1 is 0.750 bits per heavy atom. The smallest absolute Gasteiger partial charge is 0.0533 e. The van der Waals surface area contributed by atoms with Gasteiger partial charge < -0.3 is 0 Å². The average molecular weight is 137 g/mol. The summed E-state index contributed by atoms with van der Waals surface area (Å²) in [5.41, 5.74) is 0. The van der Waals surface area contributed by atoms with Gasteiger partial charge in [0, 0.05) is 0 Å². The lowest BCUT2D eigenvalue weighted by atomic mass is 10.2. The van der Waals surface area contributed by atoms with Crippen LogP contribution in [-0.2, 0) is 0 Å². The van der Waals surface area contributed by atoms with Crippen LogP contribution in [-0.4, -0.2) is 0 Å². The van der Waals surface area contributed by atoms with E-state index in [1.807, 2.05) is 0 Å². The average Bonchev–Trinajstić information content (AvgIpc) is 1.69. The van der Waals surface area contributed by atoms with Crippen molar-refractivity contribution in [2.24, 2.45) is 0 Å². The van der Waals surface area contributed by atoms with E-state index in [9.17, 15) is 0 Å². The monoisotopic (exact) mass is 136 g/mol. The fourth-order valence-electron chi connectivity index (χ4n) is 0.677. The van der Waals surface area contributed by atoms with Gasteiger partial charge in [0.1, 0.15) is 0 Å². The molecule has 0 atom stereocenters. The predicted molar refractivity (Wildman–Crippen MR) is 41.7 cm³/mol. The van der Waals surface area contributed by atoms with Crippen molar-refractivity contribution in [2.45, 2.75) is 46.0 Å². The van der Waals surface area contributed by atoms with Gasteiger partial charge in [0.25, 0.3) is 0 Å². The molecule has 0 saturated heterocycles. The van der Waals surface area contributed by atoms with Gasteiger partial charge in [-0.25, -0.2) is 0 Å². The topological polar surface area (TPSA) is 0 Å². The van der Waals surface area contributed by atoms with Crippen molar-refractivity contribution < 1.29 is 0 Å². The van der Waals surface area contributed by atoms with Crippen LogP contribution in [0, 0.1) is 0 Å². The van der Waals surface area contributed by atoms with Crippen LogP contribution in [0.4, 0.5) is 0 Å². The van der Waals surface area contributed by atoms with Crippen LogP contribution in [0.3, 0.4) is 0 Å². The van der Waals surface area contributed by atoms with E-state index in [0.717, 1.165) is 0 Å². The van der Waals surface area contributed by atoms with Crippen LogP contribution in [0.2, 0.25) is 0 Å². The molecule has 0 unspecified atom stereocenters. The zero-order valence-corrected chi connectivity index (χ0v) is 6.76. The van der Waals surface area contributed by atoms with E-state index in [0.29, 0.717) is 0 Å². The first-order valence-corrected chi connectivity index (χ1v) is 3.41. The molecule has 0 radical (unpaired) electrons. The predicted octanol–water partition coefficient (Wildman–Crippen LogP) is 3.40. The Labute approximate surface area is 59.1 Å². The van der Waals surface area contributed by atoms with Crippen molar-refractivity contribution in [3.8, 4) is 0 Å². The van der Waals surface area contributed by atoms with E-state index in [1.165, 1.54) is 32.1 Å². The molecule has 52 valence electrons. The van der Waals surface area contributed by atoms with Crippen molar-refractivity contribution in [1.82, 2.24) is 0 Å². The molecule has 0 bridgehead atoms. The molecule has 0 fully saturated rings. The largest absolute Gasteiger partial charge is 0.147 e. The maximum absolute atomic E-state index is 2.25. The Balaban J connectivity index is 0. The molecule has 0 amide bonds. The SMILES string of the molecule is CCCCCCC.Cl. The molecule has 0 aromatic heterocycles. The van der Waals surface area contributed by atoms with Gasteiger partial charge in [-0.2, -0.15) is 0 Å². The molecule has 0 aromatic rings. The van der Waals surface area contributed by atoms with Crippen LogP contribution in [0.5, 0.6) is 0 Å². The zero-order valence-electron chi connectivity index (χ0n) is 5.94. The lowest BCUT2D eigenvalue weighted by Crippen LogP contribution is -1.70. The number of halogens is 1. The molecule has 0 nitrogen and oxygen atoms in total. The van der Waals surface area contributed by atoms with E-state index in [-0.39, 0.29) is 12.4 Å². The van der Waals surface area contributed by atoms with Crippen molar-refractivity contribution >= 4 is 12.4 Å². The Kier molecular flexibility index (Phi) is 14.3. The van der Waals surface area contributed by atoms with E-state index in [4.69, 9.17) is 0 Å². The highest BCUT2D eigenvalue weighted by Gasteiger charge is 1.80. The van der Waals surface area contributed by atoms with Gasteiger partial charge >= 0.3 is 0 Å². The van der Waals surface area contributed by atoms with Crippen molar-refractivity contribution in [3.05, 3.63) is 0 Å². The molecular formula is C7H17Cl. The number of hydrogen-bond donors (Lipinski definition) is 0. The summed E-state index contributed by atoms with van der Waals surface area (Å²) < 4.78 is 0. The first kappa shape index (κ1) is 11.1. The minimum atomic E-state index is 0. The maximum atomic E-state index is 2.25. The summed E-state index contributed by atoms with van der Waals surface area (Å²) in [5.74, 6) is 0. The molecule has 0 aromatic carbocycles. The number of unbranched alkanes of at least 4 members (excludes halogenated alkanes) is 4. The molecular weight excluding hydrogens is 120 g/mol. The molecule has 0 saturated carbocycles. The molecule has 0 aliphatic rings. The highest BCUT2D eigenvalue weighted by Crippen LogP contribution is 2.00. The van der Waals surface area contributed by atoms with E-state index >= 15 is 0 Å². The fraction of sp³-hybridized carbons (Fsp3) is 1.00. The maximum Gasteiger partial charge on any atom is -0.0533 e. The lowest BCUT2D eigenvalue weighted by Gasteiger charge is -1.90. The molecule has 0 spiro atoms. The van der Waals surface area contributed by atoms with Crippen molar-refractivity contribution in [1.29, 1.82) is 0 Å². The Morgan fingerprint density at radius 3 is 1.38 bits per heavy atom. The van der Waals surface area contributed by atoms with E-state index in [2.05, 4.69) is 13.8 Å². The van der Waals surface area contributed by atoms with Gasteiger partial charge in [-0.05, 0) is 0 Å².